The second kappa shape index (κ2) is 12.8. The summed E-state index contributed by atoms with van der Waals surface area (Å²) in [5.41, 5.74) is 5.11. The highest BCUT2D eigenvalue weighted by Gasteiger charge is 2.15. The minimum atomic E-state index is -0.485. The van der Waals surface area contributed by atoms with Crippen molar-refractivity contribution in [2.45, 2.75) is 40.3 Å². The van der Waals surface area contributed by atoms with Crippen molar-refractivity contribution in [2.24, 2.45) is 0 Å². The third-order valence-corrected chi connectivity index (χ3v) is 6.27. The first-order valence-electron chi connectivity index (χ1n) is 12.9. The molecular formula is C32H32N2O5. The summed E-state index contributed by atoms with van der Waals surface area (Å²) in [7, 11) is 0. The van der Waals surface area contributed by atoms with Crippen LogP contribution in [0.2, 0.25) is 0 Å². The van der Waals surface area contributed by atoms with Gasteiger partial charge in [0.2, 0.25) is 0 Å². The van der Waals surface area contributed by atoms with Gasteiger partial charge < -0.3 is 9.47 Å². The number of carbonyl (C=O) groups excluding carboxylic acids is 1. The fourth-order valence-electron chi connectivity index (χ4n) is 4.51. The number of esters is 1. The molecule has 7 heteroatoms. The summed E-state index contributed by atoms with van der Waals surface area (Å²) < 4.78 is 12.7. The van der Waals surface area contributed by atoms with Gasteiger partial charge in [0.05, 0.1) is 12.2 Å². The summed E-state index contributed by atoms with van der Waals surface area (Å²) in [5.74, 6) is 0.0469. The van der Waals surface area contributed by atoms with E-state index in [2.05, 4.69) is 23.2 Å². The highest BCUT2D eigenvalue weighted by Crippen LogP contribution is 2.17. The van der Waals surface area contributed by atoms with Crippen molar-refractivity contribution in [3.8, 4) is 5.75 Å². The lowest BCUT2D eigenvalue weighted by Crippen LogP contribution is -2.36. The van der Waals surface area contributed by atoms with E-state index in [4.69, 9.17) is 9.47 Å². The number of rotatable bonds is 10. The molecule has 0 aliphatic heterocycles. The molecule has 0 fully saturated rings. The minimum Gasteiger partial charge on any atom is -0.423 e. The van der Waals surface area contributed by atoms with Crippen LogP contribution in [0.15, 0.2) is 88.5 Å². The first kappa shape index (κ1) is 27.5. The van der Waals surface area contributed by atoms with Crippen LogP contribution in [0.25, 0.3) is 6.08 Å². The van der Waals surface area contributed by atoms with Crippen LogP contribution < -0.4 is 16.0 Å². The third-order valence-electron chi connectivity index (χ3n) is 6.27. The summed E-state index contributed by atoms with van der Waals surface area (Å²) in [6.07, 6.45) is 4.69. The van der Waals surface area contributed by atoms with Gasteiger partial charge in [-0.05, 0) is 55.7 Å². The number of benzene rings is 3. The molecule has 0 atom stereocenters. The summed E-state index contributed by atoms with van der Waals surface area (Å²) in [6.45, 7) is 6.24. The predicted octanol–water partition coefficient (Wildman–Crippen LogP) is 5.21. The SMILES string of the molecule is CCc1c(Cc2cc(C)cc(C)c2)n(COC/C=C/c2ccc(OC(=O)c3ccccc3)cc2)c(=O)[nH]c1=O. The molecule has 0 unspecified atom stereocenters. The molecule has 0 saturated heterocycles. The number of H-pyrrole nitrogens is 1. The van der Waals surface area contributed by atoms with E-state index in [9.17, 15) is 14.4 Å². The number of aromatic nitrogens is 2. The van der Waals surface area contributed by atoms with E-state index in [-0.39, 0.29) is 18.9 Å². The van der Waals surface area contributed by atoms with Gasteiger partial charge in [-0.25, -0.2) is 9.59 Å². The van der Waals surface area contributed by atoms with Gasteiger partial charge in [-0.3, -0.25) is 14.3 Å². The van der Waals surface area contributed by atoms with Crippen LogP contribution in [0, 0.1) is 13.8 Å². The van der Waals surface area contributed by atoms with E-state index in [1.165, 1.54) is 4.57 Å². The lowest BCUT2D eigenvalue weighted by atomic mass is 10.0. The predicted molar refractivity (Wildman–Crippen MR) is 152 cm³/mol. The Labute approximate surface area is 227 Å². The molecule has 1 heterocycles. The number of hydrogen-bond acceptors (Lipinski definition) is 5. The molecule has 0 aliphatic rings. The Balaban J connectivity index is 1.40. The standard InChI is InChI=1S/C32H32N2O5/c1-4-28-29(20-25-18-22(2)17-23(3)19-25)34(32(37)33-30(28)35)21-38-16-8-9-24-12-14-27(15-13-24)39-31(36)26-10-6-5-7-11-26/h5-15,17-19H,4,16,20-21H2,1-3H3,(H,33,35,37)/b9-8+. The lowest BCUT2D eigenvalue weighted by Gasteiger charge is -2.16. The molecular weight excluding hydrogens is 492 g/mol. The smallest absolute Gasteiger partial charge is 0.343 e. The number of nitrogens with zero attached hydrogens (tertiary/aromatic N) is 1. The normalized spacial score (nSPS) is 11.2. The van der Waals surface area contributed by atoms with Crippen molar-refractivity contribution in [3.05, 3.63) is 139 Å². The Hall–Kier alpha value is -4.49. The van der Waals surface area contributed by atoms with Crippen molar-refractivity contribution in [1.82, 2.24) is 9.55 Å². The third kappa shape index (κ3) is 7.30. The van der Waals surface area contributed by atoms with E-state index >= 15 is 0 Å². The summed E-state index contributed by atoms with van der Waals surface area (Å²) in [6, 6.07) is 22.2. The Morgan fingerprint density at radius 2 is 1.64 bits per heavy atom. The average Bonchev–Trinajstić information content (AvgIpc) is 2.91. The van der Waals surface area contributed by atoms with Gasteiger partial charge in [-0.2, -0.15) is 0 Å². The molecule has 7 nitrogen and oxygen atoms in total. The Kier molecular flexibility index (Phi) is 9.07. The number of carbonyl (C=O) groups is 1. The van der Waals surface area contributed by atoms with Gasteiger partial charge in [0.1, 0.15) is 12.5 Å². The van der Waals surface area contributed by atoms with Gasteiger partial charge >= 0.3 is 11.7 Å². The van der Waals surface area contributed by atoms with Gasteiger partial charge in [0, 0.05) is 17.7 Å². The van der Waals surface area contributed by atoms with Crippen LogP contribution in [0.3, 0.4) is 0 Å². The number of aromatic amines is 1. The molecule has 0 amide bonds. The van der Waals surface area contributed by atoms with Crippen molar-refractivity contribution >= 4 is 12.0 Å². The van der Waals surface area contributed by atoms with Gasteiger partial charge in [0.15, 0.2) is 0 Å². The van der Waals surface area contributed by atoms with Crippen LogP contribution in [-0.2, 0) is 24.3 Å². The molecule has 1 aromatic heterocycles. The number of aryl methyl sites for hydroxylation is 2. The van der Waals surface area contributed by atoms with Gasteiger partial charge in [-0.15, -0.1) is 0 Å². The zero-order valence-corrected chi connectivity index (χ0v) is 22.4. The monoisotopic (exact) mass is 524 g/mol. The molecule has 39 heavy (non-hydrogen) atoms. The number of ether oxygens (including phenoxy) is 2. The van der Waals surface area contributed by atoms with E-state index in [1.807, 2.05) is 51.1 Å². The molecule has 0 aliphatic carbocycles. The van der Waals surface area contributed by atoms with Crippen molar-refractivity contribution < 1.29 is 14.3 Å². The zero-order chi connectivity index (χ0) is 27.8. The van der Waals surface area contributed by atoms with E-state index < -0.39 is 11.7 Å². The molecule has 200 valence electrons. The molecule has 4 rings (SSSR count). The van der Waals surface area contributed by atoms with Gasteiger partial charge in [0.25, 0.3) is 5.56 Å². The molecule has 0 bridgehead atoms. The topological polar surface area (TPSA) is 90.4 Å². The second-order valence-electron chi connectivity index (χ2n) is 9.37. The van der Waals surface area contributed by atoms with Crippen molar-refractivity contribution in [2.75, 3.05) is 6.61 Å². The molecule has 0 saturated carbocycles. The second-order valence-corrected chi connectivity index (χ2v) is 9.37. The molecule has 0 radical (unpaired) electrons. The van der Waals surface area contributed by atoms with Crippen molar-refractivity contribution in [1.29, 1.82) is 0 Å². The van der Waals surface area contributed by atoms with Crippen LogP contribution in [0.5, 0.6) is 5.75 Å². The van der Waals surface area contributed by atoms with E-state index in [0.717, 1.165) is 22.3 Å². The zero-order valence-electron chi connectivity index (χ0n) is 22.4. The van der Waals surface area contributed by atoms with E-state index in [0.29, 0.717) is 35.4 Å². The number of nitrogens with one attached hydrogen (secondary N) is 1. The van der Waals surface area contributed by atoms with Crippen molar-refractivity contribution in [3.63, 3.8) is 0 Å². The van der Waals surface area contributed by atoms with Crippen LogP contribution in [0.1, 0.15) is 50.8 Å². The Bertz CT molecular complexity index is 1560. The molecule has 0 spiro atoms. The highest BCUT2D eigenvalue weighted by atomic mass is 16.5. The van der Waals surface area contributed by atoms with Gasteiger partial charge in [-0.1, -0.05) is 78.7 Å². The minimum absolute atomic E-state index is 0.0153. The molecule has 4 aromatic rings. The quantitative estimate of drug-likeness (QED) is 0.175. The molecule has 3 aromatic carbocycles. The van der Waals surface area contributed by atoms with E-state index in [1.54, 1.807) is 36.4 Å². The van der Waals surface area contributed by atoms with Crippen LogP contribution in [0.4, 0.5) is 0 Å². The van der Waals surface area contributed by atoms with Crippen LogP contribution >= 0.6 is 0 Å². The lowest BCUT2D eigenvalue weighted by molar-refractivity contribution is 0.0734. The first-order chi connectivity index (χ1) is 18.8. The fourth-order valence-corrected chi connectivity index (χ4v) is 4.51. The highest BCUT2D eigenvalue weighted by molar-refractivity contribution is 5.90. The average molecular weight is 525 g/mol. The Morgan fingerprint density at radius 3 is 2.31 bits per heavy atom. The number of hydrogen-bond donors (Lipinski definition) is 1. The largest absolute Gasteiger partial charge is 0.423 e. The fraction of sp³-hybridized carbons (Fsp3) is 0.219. The summed E-state index contributed by atoms with van der Waals surface area (Å²) in [5, 5.41) is 0. The molecule has 1 N–H and O–H groups in total. The summed E-state index contributed by atoms with van der Waals surface area (Å²) >= 11 is 0. The maximum atomic E-state index is 12.7. The van der Waals surface area contributed by atoms with Crippen LogP contribution in [-0.4, -0.2) is 22.1 Å². The first-order valence-corrected chi connectivity index (χ1v) is 12.9. The Morgan fingerprint density at radius 1 is 0.949 bits per heavy atom. The maximum absolute atomic E-state index is 12.7. The summed E-state index contributed by atoms with van der Waals surface area (Å²) in [4.78, 5) is 39.8. The maximum Gasteiger partial charge on any atom is 0.343 e.